The van der Waals surface area contributed by atoms with Crippen LogP contribution in [-0.2, 0) is 0 Å². The Balaban J connectivity index is 1.65. The molecule has 0 bridgehead atoms. The zero-order chi connectivity index (χ0) is 24.2. The molecular formula is C25H20ClF2N3O2S. The molecule has 0 fully saturated rings. The van der Waals surface area contributed by atoms with Crippen LogP contribution in [0, 0.1) is 13.8 Å². The first-order valence-corrected chi connectivity index (χ1v) is 11.7. The number of ether oxygens (including phenoxy) is 1. The number of alkyl halides is 2. The number of nitrogens with zero attached hydrogens (tertiary/aromatic N) is 3. The van der Waals surface area contributed by atoms with Gasteiger partial charge in [0.05, 0.1) is 16.5 Å². The Labute approximate surface area is 204 Å². The van der Waals surface area contributed by atoms with Gasteiger partial charge in [-0.15, -0.1) is 10.2 Å². The van der Waals surface area contributed by atoms with Crippen LogP contribution >= 0.6 is 23.4 Å². The lowest BCUT2D eigenvalue weighted by Gasteiger charge is -2.14. The molecule has 174 valence electrons. The summed E-state index contributed by atoms with van der Waals surface area (Å²) in [6, 6.07) is 19.1. The molecule has 0 saturated heterocycles. The molecule has 0 aliphatic rings. The van der Waals surface area contributed by atoms with Crippen molar-refractivity contribution in [3.63, 3.8) is 0 Å². The second kappa shape index (κ2) is 10.4. The van der Waals surface area contributed by atoms with Gasteiger partial charge in [-0.25, -0.2) is 0 Å². The zero-order valence-electron chi connectivity index (χ0n) is 18.3. The predicted molar refractivity (Wildman–Crippen MR) is 129 cm³/mol. The summed E-state index contributed by atoms with van der Waals surface area (Å²) < 4.78 is 30.9. The molecule has 34 heavy (non-hydrogen) atoms. The number of carbonyl (C=O) groups is 1. The lowest BCUT2D eigenvalue weighted by molar-refractivity contribution is -0.0498. The molecule has 9 heteroatoms. The fourth-order valence-electron chi connectivity index (χ4n) is 3.39. The second-order valence-electron chi connectivity index (χ2n) is 7.53. The maximum Gasteiger partial charge on any atom is 0.387 e. The number of hydrogen-bond acceptors (Lipinski definition) is 5. The summed E-state index contributed by atoms with van der Waals surface area (Å²) in [6.45, 7) is 1.08. The third-order valence-electron chi connectivity index (χ3n) is 5.09. The van der Waals surface area contributed by atoms with Crippen molar-refractivity contribution in [1.29, 1.82) is 0 Å². The van der Waals surface area contributed by atoms with Crippen molar-refractivity contribution in [2.75, 3.05) is 5.75 Å². The van der Waals surface area contributed by atoms with Gasteiger partial charge in [0.2, 0.25) is 0 Å². The highest BCUT2D eigenvalue weighted by Gasteiger charge is 2.20. The average Bonchev–Trinajstić information content (AvgIpc) is 3.23. The number of hydrogen-bond donors (Lipinski definition) is 0. The molecule has 0 atom stereocenters. The van der Waals surface area contributed by atoms with E-state index < -0.39 is 6.61 Å². The Morgan fingerprint density at radius 3 is 2.50 bits per heavy atom. The van der Waals surface area contributed by atoms with Gasteiger partial charge in [-0.1, -0.05) is 47.6 Å². The van der Waals surface area contributed by atoms with Gasteiger partial charge in [0.15, 0.2) is 16.8 Å². The highest BCUT2D eigenvalue weighted by atomic mass is 35.5. The van der Waals surface area contributed by atoms with Crippen molar-refractivity contribution in [2.24, 2.45) is 0 Å². The van der Waals surface area contributed by atoms with Crippen LogP contribution in [0.2, 0.25) is 5.02 Å². The van der Waals surface area contributed by atoms with Crippen LogP contribution in [0.1, 0.15) is 21.5 Å². The summed E-state index contributed by atoms with van der Waals surface area (Å²) in [4.78, 5) is 12.8. The summed E-state index contributed by atoms with van der Waals surface area (Å²) in [7, 11) is 0. The topological polar surface area (TPSA) is 57.0 Å². The molecule has 0 spiro atoms. The molecule has 4 rings (SSSR count). The normalized spacial score (nSPS) is 11.1. The Morgan fingerprint density at radius 2 is 1.79 bits per heavy atom. The van der Waals surface area contributed by atoms with Crippen LogP contribution in [0.3, 0.4) is 0 Å². The molecule has 0 N–H and O–H groups in total. The average molecular weight is 500 g/mol. The molecule has 1 heterocycles. The van der Waals surface area contributed by atoms with E-state index in [1.165, 1.54) is 36.0 Å². The summed E-state index contributed by atoms with van der Waals surface area (Å²) in [5.41, 5.74) is 4.09. The van der Waals surface area contributed by atoms with Gasteiger partial charge in [0.25, 0.3) is 0 Å². The summed E-state index contributed by atoms with van der Waals surface area (Å²) >= 11 is 7.69. The monoisotopic (exact) mass is 499 g/mol. The minimum atomic E-state index is -2.92. The van der Waals surface area contributed by atoms with Gasteiger partial charge in [0, 0.05) is 11.1 Å². The molecule has 4 aromatic rings. The molecule has 0 radical (unpaired) electrons. The maximum atomic E-state index is 12.8. The Morgan fingerprint density at radius 1 is 1.06 bits per heavy atom. The molecule has 0 amide bonds. The fourth-order valence-corrected chi connectivity index (χ4v) is 4.45. The van der Waals surface area contributed by atoms with Crippen molar-refractivity contribution in [3.05, 3.63) is 88.4 Å². The van der Waals surface area contributed by atoms with E-state index in [2.05, 4.69) is 14.9 Å². The van der Waals surface area contributed by atoms with Gasteiger partial charge >= 0.3 is 6.61 Å². The Bertz CT molecular complexity index is 1330. The largest absolute Gasteiger partial charge is 0.435 e. The van der Waals surface area contributed by atoms with Gasteiger partial charge in [-0.3, -0.25) is 9.36 Å². The third kappa shape index (κ3) is 5.29. The Kier molecular flexibility index (Phi) is 7.29. The second-order valence-corrected chi connectivity index (χ2v) is 8.88. The highest BCUT2D eigenvalue weighted by Crippen LogP contribution is 2.33. The third-order valence-corrected chi connectivity index (χ3v) is 6.35. The van der Waals surface area contributed by atoms with E-state index in [0.717, 1.165) is 22.4 Å². The van der Waals surface area contributed by atoms with E-state index in [4.69, 9.17) is 11.6 Å². The van der Waals surface area contributed by atoms with Crippen molar-refractivity contribution in [1.82, 2.24) is 14.8 Å². The maximum absolute atomic E-state index is 12.8. The van der Waals surface area contributed by atoms with E-state index in [1.807, 2.05) is 54.8 Å². The van der Waals surface area contributed by atoms with Crippen molar-refractivity contribution < 1.29 is 18.3 Å². The minimum absolute atomic E-state index is 0.00162. The SMILES string of the molecule is Cc1ccc(C)c(-n2c(SCC(=O)c3ccc(OC(F)F)cc3)nnc2-c2ccccc2Cl)c1. The van der Waals surface area contributed by atoms with Gasteiger partial charge < -0.3 is 4.74 Å². The van der Waals surface area contributed by atoms with Gasteiger partial charge in [-0.2, -0.15) is 8.78 Å². The quantitative estimate of drug-likeness (QED) is 0.197. The summed E-state index contributed by atoms with van der Waals surface area (Å²) in [5, 5.41) is 9.83. The van der Waals surface area contributed by atoms with Gasteiger partial charge in [0.1, 0.15) is 5.75 Å². The molecule has 5 nitrogen and oxygen atoms in total. The number of aromatic nitrogens is 3. The zero-order valence-corrected chi connectivity index (χ0v) is 19.9. The van der Waals surface area contributed by atoms with Crippen LogP contribution in [0.25, 0.3) is 17.1 Å². The molecule has 0 aliphatic heterocycles. The number of carbonyl (C=O) groups excluding carboxylic acids is 1. The predicted octanol–water partition coefficient (Wildman–Crippen LogP) is 6.78. The summed E-state index contributed by atoms with van der Waals surface area (Å²) in [5.74, 6) is 0.477. The van der Waals surface area contributed by atoms with E-state index in [1.54, 1.807) is 6.07 Å². The van der Waals surface area contributed by atoms with Crippen LogP contribution in [-0.4, -0.2) is 32.9 Å². The number of benzene rings is 3. The van der Waals surface area contributed by atoms with E-state index in [-0.39, 0.29) is 17.3 Å². The smallest absolute Gasteiger partial charge is 0.387 e. The first-order chi connectivity index (χ1) is 16.3. The van der Waals surface area contributed by atoms with E-state index in [0.29, 0.717) is 21.6 Å². The first-order valence-electron chi connectivity index (χ1n) is 10.3. The number of aryl methyl sites for hydroxylation is 2. The number of Topliss-reactive ketones (excluding diaryl/α,β-unsaturated/α-hetero) is 1. The van der Waals surface area contributed by atoms with Gasteiger partial charge in [-0.05, 0) is 67.4 Å². The highest BCUT2D eigenvalue weighted by molar-refractivity contribution is 7.99. The molecule has 1 aromatic heterocycles. The standard InChI is InChI=1S/C25H20ClF2N3O2S/c1-15-7-8-16(2)21(13-15)31-23(19-5-3-4-6-20(19)26)29-30-25(31)34-14-22(32)17-9-11-18(12-10-17)33-24(27)28/h3-13,24H,14H2,1-2H3. The molecule has 0 saturated carbocycles. The number of rotatable bonds is 8. The number of halogens is 3. The molecular weight excluding hydrogens is 480 g/mol. The minimum Gasteiger partial charge on any atom is -0.435 e. The Hall–Kier alpha value is -3.23. The fraction of sp³-hybridized carbons (Fsp3) is 0.160. The lowest BCUT2D eigenvalue weighted by atomic mass is 10.1. The lowest BCUT2D eigenvalue weighted by Crippen LogP contribution is -2.07. The van der Waals surface area contributed by atoms with E-state index >= 15 is 0 Å². The summed E-state index contributed by atoms with van der Waals surface area (Å²) in [6.07, 6.45) is 0. The van der Waals surface area contributed by atoms with Crippen molar-refractivity contribution in [3.8, 4) is 22.8 Å². The van der Waals surface area contributed by atoms with Crippen LogP contribution in [0.5, 0.6) is 5.75 Å². The molecule has 3 aromatic carbocycles. The van der Waals surface area contributed by atoms with E-state index in [9.17, 15) is 13.6 Å². The van der Waals surface area contributed by atoms with Crippen molar-refractivity contribution >= 4 is 29.1 Å². The first kappa shape index (κ1) is 23.9. The van der Waals surface area contributed by atoms with Crippen LogP contribution in [0.4, 0.5) is 8.78 Å². The van der Waals surface area contributed by atoms with Crippen molar-refractivity contribution in [2.45, 2.75) is 25.6 Å². The number of thioether (sulfide) groups is 1. The molecule has 0 aliphatic carbocycles. The van der Waals surface area contributed by atoms with Crippen LogP contribution in [0.15, 0.2) is 71.9 Å². The number of ketones is 1. The van der Waals surface area contributed by atoms with Crippen LogP contribution < -0.4 is 4.74 Å². The molecule has 0 unspecified atom stereocenters.